The van der Waals surface area contributed by atoms with Gasteiger partial charge in [-0.15, -0.1) is 0 Å². The van der Waals surface area contributed by atoms with Gasteiger partial charge < -0.3 is 5.11 Å². The van der Waals surface area contributed by atoms with Crippen LogP contribution in [0.1, 0.15) is 21.9 Å². The number of nitrogens with zero attached hydrogens (tertiary/aromatic N) is 5. The van der Waals surface area contributed by atoms with E-state index in [1.807, 2.05) is 6.07 Å². The lowest BCUT2D eigenvalue weighted by molar-refractivity contribution is 0.0690. The van der Waals surface area contributed by atoms with Crippen molar-refractivity contribution in [2.75, 3.05) is 0 Å². The van der Waals surface area contributed by atoms with Crippen LogP contribution in [0.25, 0.3) is 5.82 Å². The molecule has 0 aromatic carbocycles. The van der Waals surface area contributed by atoms with Crippen LogP contribution in [0.3, 0.4) is 0 Å². The number of hydrogen-bond donors (Lipinski definition) is 1. The second kappa shape index (κ2) is 4.36. The number of aromatic carboxylic acids is 1. The molecule has 0 saturated carbocycles. The molecule has 0 radical (unpaired) electrons. The van der Waals surface area contributed by atoms with Gasteiger partial charge in [-0.3, -0.25) is 4.57 Å². The van der Waals surface area contributed by atoms with Crippen LogP contribution in [-0.2, 0) is 0 Å². The summed E-state index contributed by atoms with van der Waals surface area (Å²) in [5, 5.41) is 26.5. The van der Waals surface area contributed by atoms with Crippen LogP contribution in [0.15, 0.2) is 24.5 Å². The highest BCUT2D eigenvalue weighted by Crippen LogP contribution is 2.12. The van der Waals surface area contributed by atoms with E-state index < -0.39 is 5.97 Å². The van der Waals surface area contributed by atoms with Gasteiger partial charge in [-0.05, 0) is 12.1 Å². The number of aromatic nitrogens is 3. The Morgan fingerprint density at radius 3 is 2.72 bits per heavy atom. The molecule has 0 bridgehead atoms. The largest absolute Gasteiger partial charge is 0.477 e. The first-order chi connectivity index (χ1) is 8.67. The standard InChI is InChI=1S/C11H5N5O2/c12-4-8-9(5-13)16(6-14-8)10-3-1-2-7(15-10)11(17)18/h1-3,6H,(H,17,18). The predicted molar refractivity (Wildman–Crippen MR) is 57.7 cm³/mol. The molecule has 18 heavy (non-hydrogen) atoms. The van der Waals surface area contributed by atoms with Crippen LogP contribution in [0.4, 0.5) is 0 Å². The van der Waals surface area contributed by atoms with Crippen molar-refractivity contribution >= 4 is 5.97 Å². The number of pyridine rings is 1. The summed E-state index contributed by atoms with van der Waals surface area (Å²) in [5.74, 6) is -0.948. The van der Waals surface area contributed by atoms with E-state index >= 15 is 0 Å². The zero-order chi connectivity index (χ0) is 13.1. The number of carboxylic acid groups (broad SMARTS) is 1. The summed E-state index contributed by atoms with van der Waals surface area (Å²) in [4.78, 5) is 18.4. The predicted octanol–water partition coefficient (Wildman–Crippen LogP) is 0.709. The highest BCUT2D eigenvalue weighted by molar-refractivity contribution is 5.85. The number of rotatable bonds is 2. The van der Waals surface area contributed by atoms with E-state index in [2.05, 4.69) is 9.97 Å². The van der Waals surface area contributed by atoms with Crippen molar-refractivity contribution in [3.8, 4) is 18.0 Å². The van der Waals surface area contributed by atoms with E-state index in [-0.39, 0.29) is 22.9 Å². The summed E-state index contributed by atoms with van der Waals surface area (Å²) < 4.78 is 1.27. The molecule has 2 heterocycles. The molecule has 0 saturated heterocycles. The van der Waals surface area contributed by atoms with Crippen molar-refractivity contribution in [3.63, 3.8) is 0 Å². The molecule has 0 aliphatic carbocycles. The molecule has 2 aromatic rings. The van der Waals surface area contributed by atoms with Crippen molar-refractivity contribution in [2.45, 2.75) is 0 Å². The lowest BCUT2D eigenvalue weighted by atomic mass is 10.3. The van der Waals surface area contributed by atoms with E-state index in [1.165, 1.54) is 29.1 Å². The van der Waals surface area contributed by atoms with Gasteiger partial charge in [0.2, 0.25) is 0 Å². The van der Waals surface area contributed by atoms with E-state index in [9.17, 15) is 4.79 Å². The molecular formula is C11H5N5O2. The average Bonchev–Trinajstić information content (AvgIpc) is 2.81. The van der Waals surface area contributed by atoms with Gasteiger partial charge in [0, 0.05) is 0 Å². The molecule has 7 heteroatoms. The first-order valence-electron chi connectivity index (χ1n) is 4.75. The lowest BCUT2D eigenvalue weighted by Gasteiger charge is -2.03. The Morgan fingerprint density at radius 2 is 2.11 bits per heavy atom. The van der Waals surface area contributed by atoms with Crippen molar-refractivity contribution in [1.29, 1.82) is 10.5 Å². The number of imidazole rings is 1. The number of carboxylic acids is 1. The molecule has 2 aromatic heterocycles. The zero-order valence-electron chi connectivity index (χ0n) is 8.90. The normalized spacial score (nSPS) is 9.44. The number of carbonyl (C=O) groups is 1. The highest BCUT2D eigenvalue weighted by Gasteiger charge is 2.13. The number of nitriles is 2. The maximum absolute atomic E-state index is 10.8. The Bertz CT molecular complexity index is 705. The van der Waals surface area contributed by atoms with Gasteiger partial charge in [-0.2, -0.15) is 10.5 Å². The summed E-state index contributed by atoms with van der Waals surface area (Å²) in [6.07, 6.45) is 1.26. The Kier molecular flexibility index (Phi) is 2.73. The molecule has 86 valence electrons. The monoisotopic (exact) mass is 239 g/mol. The van der Waals surface area contributed by atoms with Crippen molar-refractivity contribution in [2.24, 2.45) is 0 Å². The fraction of sp³-hybridized carbons (Fsp3) is 0. The molecule has 2 rings (SSSR count). The van der Waals surface area contributed by atoms with Crippen LogP contribution < -0.4 is 0 Å². The summed E-state index contributed by atoms with van der Waals surface area (Å²) in [6.45, 7) is 0. The molecule has 0 aliphatic heterocycles. The Morgan fingerprint density at radius 1 is 1.33 bits per heavy atom. The van der Waals surface area contributed by atoms with Crippen LogP contribution in [0.2, 0.25) is 0 Å². The minimum absolute atomic E-state index is 0.0209. The minimum atomic E-state index is -1.17. The second-order valence-electron chi connectivity index (χ2n) is 3.22. The summed E-state index contributed by atoms with van der Waals surface area (Å²) in [6, 6.07) is 7.96. The number of hydrogen-bond acceptors (Lipinski definition) is 5. The fourth-order valence-corrected chi connectivity index (χ4v) is 1.39. The minimum Gasteiger partial charge on any atom is -0.477 e. The Balaban J connectivity index is 2.60. The van der Waals surface area contributed by atoms with Crippen LogP contribution in [-0.4, -0.2) is 25.6 Å². The van der Waals surface area contributed by atoms with Gasteiger partial charge in [-0.25, -0.2) is 14.8 Å². The fourth-order valence-electron chi connectivity index (χ4n) is 1.39. The second-order valence-corrected chi connectivity index (χ2v) is 3.22. The van der Waals surface area contributed by atoms with Crippen molar-refractivity contribution < 1.29 is 9.90 Å². The lowest BCUT2D eigenvalue weighted by Crippen LogP contribution is -2.05. The van der Waals surface area contributed by atoms with Crippen LogP contribution >= 0.6 is 0 Å². The molecule has 0 fully saturated rings. The first-order valence-corrected chi connectivity index (χ1v) is 4.75. The van der Waals surface area contributed by atoms with Crippen molar-refractivity contribution in [3.05, 3.63) is 41.6 Å². The van der Waals surface area contributed by atoms with Crippen molar-refractivity contribution in [1.82, 2.24) is 14.5 Å². The zero-order valence-corrected chi connectivity index (χ0v) is 8.90. The molecule has 7 nitrogen and oxygen atoms in total. The third-order valence-corrected chi connectivity index (χ3v) is 2.18. The molecule has 0 atom stereocenters. The maximum Gasteiger partial charge on any atom is 0.354 e. The Labute approximate surface area is 101 Å². The average molecular weight is 239 g/mol. The highest BCUT2D eigenvalue weighted by atomic mass is 16.4. The molecule has 1 N–H and O–H groups in total. The molecule has 0 unspecified atom stereocenters. The van der Waals surface area contributed by atoms with E-state index in [0.29, 0.717) is 0 Å². The topological polar surface area (TPSA) is 116 Å². The molecule has 0 amide bonds. The SMILES string of the molecule is N#Cc1ncn(-c2cccc(C(=O)O)n2)c1C#N. The van der Waals surface area contributed by atoms with Crippen LogP contribution in [0.5, 0.6) is 0 Å². The smallest absolute Gasteiger partial charge is 0.354 e. The summed E-state index contributed by atoms with van der Waals surface area (Å²) >= 11 is 0. The third-order valence-electron chi connectivity index (χ3n) is 2.18. The van der Waals surface area contributed by atoms with Crippen LogP contribution in [0, 0.1) is 22.7 Å². The van der Waals surface area contributed by atoms with Gasteiger partial charge in [0.25, 0.3) is 0 Å². The summed E-state index contributed by atoms with van der Waals surface area (Å²) in [7, 11) is 0. The molecular weight excluding hydrogens is 234 g/mol. The van der Waals surface area contributed by atoms with Gasteiger partial charge in [-0.1, -0.05) is 6.07 Å². The maximum atomic E-state index is 10.8. The van der Waals surface area contributed by atoms with E-state index in [0.717, 1.165) is 0 Å². The third kappa shape index (κ3) is 1.77. The van der Waals surface area contributed by atoms with E-state index in [4.69, 9.17) is 15.6 Å². The van der Waals surface area contributed by atoms with Gasteiger partial charge in [0.05, 0.1) is 0 Å². The van der Waals surface area contributed by atoms with Gasteiger partial charge in [0.15, 0.2) is 17.1 Å². The van der Waals surface area contributed by atoms with Gasteiger partial charge in [0.1, 0.15) is 24.3 Å². The quantitative estimate of drug-likeness (QED) is 0.824. The Hall–Kier alpha value is -3.19. The first kappa shape index (κ1) is 11.3. The van der Waals surface area contributed by atoms with E-state index in [1.54, 1.807) is 6.07 Å². The van der Waals surface area contributed by atoms with Gasteiger partial charge >= 0.3 is 5.97 Å². The molecule has 0 spiro atoms. The molecule has 0 aliphatic rings. The summed E-state index contributed by atoms with van der Waals surface area (Å²) in [5.41, 5.74) is -0.156.